The number of aromatic nitrogens is 2. The maximum absolute atomic E-state index is 12.6. The average molecular weight is 485 g/mol. The van der Waals surface area contributed by atoms with Gasteiger partial charge in [0.25, 0.3) is 5.91 Å². The average Bonchev–Trinajstić information content (AvgIpc) is 3.30. The summed E-state index contributed by atoms with van der Waals surface area (Å²) in [5, 5.41) is 8.26. The van der Waals surface area contributed by atoms with Crippen molar-refractivity contribution in [3.05, 3.63) is 78.6 Å². The predicted molar refractivity (Wildman–Crippen MR) is 135 cm³/mol. The van der Waals surface area contributed by atoms with Crippen molar-refractivity contribution in [2.24, 2.45) is 5.73 Å². The Morgan fingerprint density at radius 3 is 2.42 bits per heavy atom. The maximum Gasteiger partial charge on any atom is 0.269 e. The molecule has 184 valence electrons. The fourth-order valence-corrected chi connectivity index (χ4v) is 5.73. The number of para-hydroxylation sites is 1. The first-order valence-electron chi connectivity index (χ1n) is 12.2. The second kappa shape index (κ2) is 8.83. The number of nitrogens with one attached hydrogen (secondary N) is 1. The molecule has 2 unspecified atom stereocenters. The van der Waals surface area contributed by atoms with Gasteiger partial charge in [0, 0.05) is 31.7 Å². The number of benzene rings is 2. The van der Waals surface area contributed by atoms with Crippen LogP contribution >= 0.6 is 0 Å². The number of rotatable bonds is 6. The molecule has 3 fully saturated rings. The second-order valence-electron chi connectivity index (χ2n) is 9.47. The molecule has 3 aromatic rings. The fourth-order valence-electron chi connectivity index (χ4n) is 5.73. The van der Waals surface area contributed by atoms with E-state index in [1.165, 1.54) is 6.08 Å². The lowest BCUT2D eigenvalue weighted by Crippen LogP contribution is -2.70. The van der Waals surface area contributed by atoms with Gasteiger partial charge in [-0.05, 0) is 55.3 Å². The van der Waals surface area contributed by atoms with Gasteiger partial charge in [-0.2, -0.15) is 5.10 Å². The number of ether oxygens (including phenoxy) is 1. The molecule has 1 aromatic heterocycles. The molecule has 4 aliphatic heterocycles. The van der Waals surface area contributed by atoms with E-state index >= 15 is 0 Å². The number of nitrogens with two attached hydrogens (primary N) is 1. The van der Waals surface area contributed by atoms with Gasteiger partial charge >= 0.3 is 0 Å². The molecule has 9 heteroatoms. The molecule has 2 bridgehead atoms. The summed E-state index contributed by atoms with van der Waals surface area (Å²) in [5.74, 6) is 0.898. The molecule has 5 heterocycles. The molecule has 9 nitrogen and oxygen atoms in total. The minimum Gasteiger partial charge on any atom is -0.457 e. The number of piperidine rings is 1. The third kappa shape index (κ3) is 3.72. The van der Waals surface area contributed by atoms with Crippen molar-refractivity contribution < 1.29 is 14.3 Å². The number of piperazine rings is 1. The van der Waals surface area contributed by atoms with Crippen LogP contribution in [0.2, 0.25) is 0 Å². The standard InChI is InChI=1S/C27H28N6O3/c1-2-23(34)32-18-14-19(32)16-31(15-18)22-12-13-29-25-24(22)30-33(26(25)27(28)35)17-8-10-21(11-9-17)36-20-6-4-3-5-7-20/h2-11,18-19,22,29H,1,12-16H2,(H2,28,35)/t18?,19?,22-/m0/s1. The lowest BCUT2D eigenvalue weighted by atomic mass is 9.85. The Morgan fingerprint density at radius 2 is 1.75 bits per heavy atom. The van der Waals surface area contributed by atoms with Gasteiger partial charge in [0.2, 0.25) is 5.91 Å². The number of hydrogen-bond donors (Lipinski definition) is 2. The Balaban J connectivity index is 1.28. The third-order valence-corrected chi connectivity index (χ3v) is 7.33. The Hall–Kier alpha value is -4.11. The molecule has 7 rings (SSSR count). The first-order chi connectivity index (χ1) is 17.5. The fraction of sp³-hybridized carbons (Fsp3) is 0.296. The zero-order chi connectivity index (χ0) is 24.8. The molecule has 3 saturated heterocycles. The molecular formula is C27H28N6O3. The second-order valence-corrected chi connectivity index (χ2v) is 9.47. The van der Waals surface area contributed by atoms with Crippen molar-refractivity contribution in [3.8, 4) is 17.2 Å². The van der Waals surface area contributed by atoms with E-state index in [0.29, 0.717) is 23.7 Å². The minimum atomic E-state index is -0.536. The molecule has 2 aromatic carbocycles. The van der Waals surface area contributed by atoms with Crippen molar-refractivity contribution in [1.82, 2.24) is 19.6 Å². The summed E-state index contributed by atoms with van der Waals surface area (Å²) in [5.41, 5.74) is 8.43. The topological polar surface area (TPSA) is 106 Å². The first kappa shape index (κ1) is 22.4. The molecule has 0 spiro atoms. The zero-order valence-corrected chi connectivity index (χ0v) is 19.8. The van der Waals surface area contributed by atoms with Crippen molar-refractivity contribution >= 4 is 17.5 Å². The number of fused-ring (bicyclic) bond motifs is 3. The van der Waals surface area contributed by atoms with E-state index in [1.54, 1.807) is 4.68 Å². The van der Waals surface area contributed by atoms with Crippen LogP contribution in [0, 0.1) is 0 Å². The SMILES string of the molecule is C=CC(=O)N1C2CC1CN([C@H]1CCNc3c1nn(-c1ccc(Oc4ccccc4)cc1)c3C(N)=O)C2. The van der Waals surface area contributed by atoms with Gasteiger partial charge in [-0.15, -0.1) is 0 Å². The Bertz CT molecular complexity index is 1310. The highest BCUT2D eigenvalue weighted by Gasteiger charge is 2.49. The highest BCUT2D eigenvalue weighted by Crippen LogP contribution is 2.42. The van der Waals surface area contributed by atoms with Gasteiger partial charge in [0.15, 0.2) is 5.69 Å². The predicted octanol–water partition coefficient (Wildman–Crippen LogP) is 3.09. The van der Waals surface area contributed by atoms with Crippen molar-refractivity contribution in [2.75, 3.05) is 25.0 Å². The molecule has 2 amide bonds. The summed E-state index contributed by atoms with van der Waals surface area (Å²) in [6.45, 7) is 5.92. The van der Waals surface area contributed by atoms with Crippen LogP contribution in [0.15, 0.2) is 67.3 Å². The molecule has 3 N–H and O–H groups in total. The van der Waals surface area contributed by atoms with Gasteiger partial charge in [0.05, 0.1) is 17.4 Å². The molecule has 36 heavy (non-hydrogen) atoms. The maximum atomic E-state index is 12.6. The van der Waals surface area contributed by atoms with E-state index in [4.69, 9.17) is 15.6 Å². The van der Waals surface area contributed by atoms with Gasteiger partial charge in [-0.3, -0.25) is 14.5 Å². The highest BCUT2D eigenvalue weighted by molar-refractivity contribution is 5.98. The highest BCUT2D eigenvalue weighted by atomic mass is 16.5. The van der Waals surface area contributed by atoms with E-state index in [0.717, 1.165) is 43.1 Å². The number of carbonyl (C=O) groups excluding carboxylic acids is 2. The number of anilines is 1. The Labute approximate surface area is 209 Å². The van der Waals surface area contributed by atoms with E-state index in [-0.39, 0.29) is 24.0 Å². The van der Waals surface area contributed by atoms with E-state index in [2.05, 4.69) is 16.8 Å². The molecule has 4 aliphatic rings. The summed E-state index contributed by atoms with van der Waals surface area (Å²) in [7, 11) is 0. The van der Waals surface area contributed by atoms with Crippen LogP contribution in [0.5, 0.6) is 11.5 Å². The van der Waals surface area contributed by atoms with E-state index < -0.39 is 5.91 Å². The summed E-state index contributed by atoms with van der Waals surface area (Å²) in [4.78, 5) is 29.1. The van der Waals surface area contributed by atoms with Crippen LogP contribution < -0.4 is 15.8 Å². The number of primary amides is 1. The van der Waals surface area contributed by atoms with Gasteiger partial charge in [-0.25, -0.2) is 4.68 Å². The molecule has 0 saturated carbocycles. The smallest absolute Gasteiger partial charge is 0.269 e. The summed E-state index contributed by atoms with van der Waals surface area (Å²) >= 11 is 0. The van der Waals surface area contributed by atoms with Crippen LogP contribution in [0.1, 0.15) is 35.1 Å². The van der Waals surface area contributed by atoms with Gasteiger partial charge in [-0.1, -0.05) is 24.8 Å². The number of nitrogens with zero attached hydrogens (tertiary/aromatic N) is 4. The van der Waals surface area contributed by atoms with Crippen LogP contribution in [-0.2, 0) is 4.79 Å². The quantitative estimate of drug-likeness (QED) is 0.521. The van der Waals surface area contributed by atoms with E-state index in [9.17, 15) is 9.59 Å². The van der Waals surface area contributed by atoms with E-state index in [1.807, 2.05) is 59.5 Å². The monoisotopic (exact) mass is 484 g/mol. The lowest BCUT2D eigenvalue weighted by Gasteiger charge is -2.57. The summed E-state index contributed by atoms with van der Waals surface area (Å²) in [6.07, 6.45) is 3.28. The molecule has 0 radical (unpaired) electrons. The largest absolute Gasteiger partial charge is 0.457 e. The normalized spacial score (nSPS) is 22.7. The van der Waals surface area contributed by atoms with Crippen LogP contribution in [0.4, 0.5) is 5.69 Å². The van der Waals surface area contributed by atoms with Crippen molar-refractivity contribution in [2.45, 2.75) is 31.0 Å². The molecule has 0 aliphatic carbocycles. The first-order valence-corrected chi connectivity index (χ1v) is 12.2. The Morgan fingerprint density at radius 1 is 1.06 bits per heavy atom. The Kier molecular flexibility index (Phi) is 5.49. The van der Waals surface area contributed by atoms with Gasteiger partial charge in [0.1, 0.15) is 17.2 Å². The van der Waals surface area contributed by atoms with Crippen molar-refractivity contribution in [3.63, 3.8) is 0 Å². The lowest BCUT2D eigenvalue weighted by molar-refractivity contribution is -0.150. The minimum absolute atomic E-state index is 0.00174. The van der Waals surface area contributed by atoms with Crippen LogP contribution in [0.3, 0.4) is 0 Å². The summed E-state index contributed by atoms with van der Waals surface area (Å²) < 4.78 is 7.53. The summed E-state index contributed by atoms with van der Waals surface area (Å²) in [6, 6.07) is 17.4. The third-order valence-electron chi connectivity index (χ3n) is 7.33. The zero-order valence-electron chi connectivity index (χ0n) is 19.8. The molecular weight excluding hydrogens is 456 g/mol. The van der Waals surface area contributed by atoms with Crippen LogP contribution in [0.25, 0.3) is 5.69 Å². The van der Waals surface area contributed by atoms with Crippen molar-refractivity contribution in [1.29, 1.82) is 0 Å². The number of amides is 2. The number of carbonyl (C=O) groups is 2. The van der Waals surface area contributed by atoms with Gasteiger partial charge < -0.3 is 20.7 Å². The number of hydrogen-bond acceptors (Lipinski definition) is 6. The molecule has 3 atom stereocenters. The van der Waals surface area contributed by atoms with Crippen LogP contribution in [-0.4, -0.2) is 63.1 Å².